The molecule has 0 atom stereocenters. The van der Waals surface area contributed by atoms with Crippen LogP contribution in [0.15, 0.2) is 12.3 Å². The Morgan fingerprint density at radius 3 is 3.09 bits per heavy atom. The summed E-state index contributed by atoms with van der Waals surface area (Å²) in [5.41, 5.74) is 0.0868. The van der Waals surface area contributed by atoms with E-state index in [0.717, 1.165) is 6.07 Å². The van der Waals surface area contributed by atoms with Crippen LogP contribution in [0, 0.1) is 12.0 Å². The fourth-order valence-electron chi connectivity index (χ4n) is 0.599. The van der Waals surface area contributed by atoms with Crippen LogP contribution in [-0.4, -0.2) is 18.1 Å². The van der Waals surface area contributed by atoms with Crippen molar-refractivity contribution in [2.24, 2.45) is 0 Å². The Morgan fingerprint density at radius 1 is 1.82 bits per heavy atom. The van der Waals surface area contributed by atoms with E-state index in [9.17, 15) is 9.18 Å². The molecule has 0 saturated heterocycles. The monoisotopic (exact) mass is 154 g/mol. The predicted octanol–water partition coefficient (Wildman–Crippen LogP) is 0.807. The lowest BCUT2D eigenvalue weighted by molar-refractivity contribution is 0.0599. The standard InChI is InChI=1S/C7H5FNO2/c1-11-7(10)5-2-6(8)4-9-3-5/h2-3H,1H3. The van der Waals surface area contributed by atoms with Gasteiger partial charge >= 0.3 is 5.97 Å². The first kappa shape index (κ1) is 7.65. The molecular weight excluding hydrogens is 149 g/mol. The lowest BCUT2D eigenvalue weighted by Gasteiger charge is -1.95. The van der Waals surface area contributed by atoms with Gasteiger partial charge in [0.05, 0.1) is 12.7 Å². The fraction of sp³-hybridized carbons (Fsp3) is 0.143. The zero-order chi connectivity index (χ0) is 8.27. The van der Waals surface area contributed by atoms with E-state index in [2.05, 4.69) is 9.72 Å². The Balaban J connectivity index is 2.96. The molecule has 0 aliphatic carbocycles. The van der Waals surface area contributed by atoms with E-state index >= 15 is 0 Å². The third-order valence-electron chi connectivity index (χ3n) is 1.08. The van der Waals surface area contributed by atoms with Crippen molar-refractivity contribution in [1.29, 1.82) is 0 Å². The number of hydrogen-bond acceptors (Lipinski definition) is 3. The number of esters is 1. The van der Waals surface area contributed by atoms with Crippen LogP contribution in [0.2, 0.25) is 0 Å². The number of aromatic nitrogens is 1. The van der Waals surface area contributed by atoms with Gasteiger partial charge in [0.25, 0.3) is 0 Å². The van der Waals surface area contributed by atoms with Gasteiger partial charge < -0.3 is 4.74 Å². The quantitative estimate of drug-likeness (QED) is 0.562. The van der Waals surface area contributed by atoms with Gasteiger partial charge in [0.2, 0.25) is 0 Å². The first-order valence-corrected chi connectivity index (χ1v) is 2.85. The van der Waals surface area contributed by atoms with Crippen LogP contribution < -0.4 is 0 Å². The molecule has 1 heterocycles. The number of carbonyl (C=O) groups is 1. The molecule has 0 amide bonds. The van der Waals surface area contributed by atoms with Crippen molar-refractivity contribution in [3.8, 4) is 0 Å². The fourth-order valence-corrected chi connectivity index (χ4v) is 0.599. The molecule has 0 N–H and O–H groups in total. The molecule has 0 bridgehead atoms. The largest absolute Gasteiger partial charge is 0.465 e. The van der Waals surface area contributed by atoms with E-state index < -0.39 is 11.8 Å². The van der Waals surface area contributed by atoms with E-state index in [1.54, 1.807) is 0 Å². The van der Waals surface area contributed by atoms with Gasteiger partial charge in [-0.1, -0.05) is 0 Å². The van der Waals surface area contributed by atoms with Gasteiger partial charge in [-0.15, -0.1) is 0 Å². The number of methoxy groups -OCH3 is 1. The average Bonchev–Trinajstić information content (AvgIpc) is 2.03. The average molecular weight is 154 g/mol. The highest BCUT2D eigenvalue weighted by molar-refractivity contribution is 5.88. The summed E-state index contributed by atoms with van der Waals surface area (Å²) in [6, 6.07) is 1.01. The van der Waals surface area contributed by atoms with Crippen LogP contribution in [0.4, 0.5) is 4.39 Å². The van der Waals surface area contributed by atoms with Crippen molar-refractivity contribution < 1.29 is 13.9 Å². The summed E-state index contributed by atoms with van der Waals surface area (Å²) in [5.74, 6) is -1.28. The molecule has 0 aliphatic heterocycles. The van der Waals surface area contributed by atoms with Gasteiger partial charge in [0.15, 0.2) is 5.82 Å². The van der Waals surface area contributed by atoms with E-state index in [4.69, 9.17) is 0 Å². The van der Waals surface area contributed by atoms with Gasteiger partial charge in [-0.05, 0) is 6.07 Å². The topological polar surface area (TPSA) is 39.2 Å². The Hall–Kier alpha value is -1.45. The molecular formula is C7H5FNO2. The lowest BCUT2D eigenvalue weighted by atomic mass is 10.3. The second-order valence-electron chi connectivity index (χ2n) is 1.81. The summed E-state index contributed by atoms with van der Waals surface area (Å²) in [6.07, 6.45) is 3.22. The zero-order valence-corrected chi connectivity index (χ0v) is 5.80. The number of nitrogens with zero attached hydrogens (tertiary/aromatic N) is 1. The summed E-state index contributed by atoms with van der Waals surface area (Å²) in [7, 11) is 1.22. The van der Waals surface area contributed by atoms with Crippen molar-refractivity contribution in [1.82, 2.24) is 4.98 Å². The van der Waals surface area contributed by atoms with Gasteiger partial charge in [0.1, 0.15) is 6.20 Å². The van der Waals surface area contributed by atoms with Crippen molar-refractivity contribution in [2.45, 2.75) is 0 Å². The molecule has 3 nitrogen and oxygen atoms in total. The molecule has 1 radical (unpaired) electrons. The molecule has 0 aliphatic rings. The lowest BCUT2D eigenvalue weighted by Crippen LogP contribution is -2.01. The molecule has 0 unspecified atom stereocenters. The summed E-state index contributed by atoms with van der Waals surface area (Å²) >= 11 is 0. The highest BCUT2D eigenvalue weighted by Crippen LogP contribution is 2.00. The molecule has 4 heteroatoms. The molecule has 0 saturated carbocycles. The third kappa shape index (κ3) is 1.73. The molecule has 1 rings (SSSR count). The van der Waals surface area contributed by atoms with Crippen LogP contribution in [-0.2, 0) is 4.74 Å². The maximum Gasteiger partial charge on any atom is 0.339 e. The van der Waals surface area contributed by atoms with Crippen LogP contribution in [0.3, 0.4) is 0 Å². The molecule has 1 aromatic rings. The van der Waals surface area contributed by atoms with Gasteiger partial charge in [0, 0.05) is 6.20 Å². The van der Waals surface area contributed by atoms with Gasteiger partial charge in [-0.25, -0.2) is 9.18 Å². The van der Waals surface area contributed by atoms with Crippen LogP contribution in [0.5, 0.6) is 0 Å². The van der Waals surface area contributed by atoms with Crippen LogP contribution in [0.25, 0.3) is 0 Å². The highest BCUT2D eigenvalue weighted by Gasteiger charge is 2.05. The number of halogens is 1. The number of rotatable bonds is 1. The SMILES string of the molecule is COC(=O)c1cn[c]c(F)c1. The minimum absolute atomic E-state index is 0.0868. The first-order valence-electron chi connectivity index (χ1n) is 2.85. The van der Waals surface area contributed by atoms with Gasteiger partial charge in [-0.2, -0.15) is 0 Å². The van der Waals surface area contributed by atoms with E-state index in [0.29, 0.717) is 0 Å². The van der Waals surface area contributed by atoms with Crippen LogP contribution >= 0.6 is 0 Å². The summed E-state index contributed by atoms with van der Waals surface area (Å²) in [6.45, 7) is 0. The predicted molar refractivity (Wildman–Crippen MR) is 34.4 cm³/mol. The number of hydrogen-bond donors (Lipinski definition) is 0. The van der Waals surface area contributed by atoms with E-state index in [1.165, 1.54) is 13.3 Å². The number of ether oxygens (including phenoxy) is 1. The normalized spacial score (nSPS) is 9.27. The number of pyridine rings is 1. The Labute approximate surface area is 62.8 Å². The Morgan fingerprint density at radius 2 is 2.55 bits per heavy atom. The molecule has 0 aromatic carbocycles. The zero-order valence-electron chi connectivity index (χ0n) is 5.80. The van der Waals surface area contributed by atoms with Crippen LogP contribution in [0.1, 0.15) is 10.4 Å². The van der Waals surface area contributed by atoms with Crippen molar-refractivity contribution in [2.75, 3.05) is 7.11 Å². The van der Waals surface area contributed by atoms with Crippen molar-refractivity contribution in [3.63, 3.8) is 0 Å². The van der Waals surface area contributed by atoms with E-state index in [1.807, 2.05) is 6.20 Å². The second kappa shape index (κ2) is 3.09. The summed E-state index contributed by atoms with van der Waals surface area (Å²) in [5, 5.41) is 0. The first-order chi connectivity index (χ1) is 5.24. The second-order valence-corrected chi connectivity index (χ2v) is 1.81. The molecule has 57 valence electrons. The van der Waals surface area contributed by atoms with Crippen molar-refractivity contribution in [3.05, 3.63) is 29.8 Å². The Kier molecular flexibility index (Phi) is 2.15. The molecule has 0 spiro atoms. The molecule has 11 heavy (non-hydrogen) atoms. The van der Waals surface area contributed by atoms with E-state index in [-0.39, 0.29) is 5.56 Å². The molecule has 0 fully saturated rings. The summed E-state index contributed by atoms with van der Waals surface area (Å²) < 4.78 is 16.7. The minimum Gasteiger partial charge on any atom is -0.465 e. The molecule has 1 aromatic heterocycles. The Bertz CT molecular complexity index is 275. The van der Waals surface area contributed by atoms with Crippen molar-refractivity contribution >= 4 is 5.97 Å². The third-order valence-corrected chi connectivity index (χ3v) is 1.08. The highest BCUT2D eigenvalue weighted by atomic mass is 19.1. The summed E-state index contributed by atoms with van der Waals surface area (Å²) in [4.78, 5) is 14.1. The van der Waals surface area contributed by atoms with Gasteiger partial charge in [-0.3, -0.25) is 4.98 Å². The maximum absolute atomic E-state index is 12.3. The smallest absolute Gasteiger partial charge is 0.339 e. The maximum atomic E-state index is 12.3. The minimum atomic E-state index is -0.673. The number of carbonyl (C=O) groups excluding carboxylic acids is 1.